The summed E-state index contributed by atoms with van der Waals surface area (Å²) in [5, 5.41) is 7.26. The maximum Gasteiger partial charge on any atom is 0.305 e. The van der Waals surface area contributed by atoms with E-state index in [2.05, 4.69) is 0 Å². The summed E-state index contributed by atoms with van der Waals surface area (Å²) in [6, 6.07) is 0. The van der Waals surface area contributed by atoms with Gasteiger partial charge >= 0.3 is 5.97 Å². The molecule has 0 aliphatic carbocycles. The van der Waals surface area contributed by atoms with Gasteiger partial charge in [-0.2, -0.15) is 0 Å². The first kappa shape index (κ1) is 13.9. The number of amides is 1. The van der Waals surface area contributed by atoms with Crippen molar-refractivity contribution in [3.63, 3.8) is 0 Å². The Morgan fingerprint density at radius 3 is 2.20 bits per heavy atom. The first-order valence-electron chi connectivity index (χ1n) is 4.32. The summed E-state index contributed by atoms with van der Waals surface area (Å²) in [5.74, 6) is -1.61. The SMILES string of the molecule is CC(C(=O)N(C)CCC(=O)O)S(C)(=O)=O. The molecule has 0 rings (SSSR count). The summed E-state index contributed by atoms with van der Waals surface area (Å²) in [7, 11) is -2.04. The lowest BCUT2D eigenvalue weighted by molar-refractivity contribution is -0.138. The number of carbonyl (C=O) groups is 2. The fourth-order valence-corrected chi connectivity index (χ4v) is 1.41. The van der Waals surface area contributed by atoms with Crippen LogP contribution < -0.4 is 0 Å². The van der Waals surface area contributed by atoms with Gasteiger partial charge in [0.2, 0.25) is 5.91 Å². The quantitative estimate of drug-likeness (QED) is 0.686. The molecule has 0 heterocycles. The maximum atomic E-state index is 11.5. The number of aliphatic carboxylic acids is 1. The van der Waals surface area contributed by atoms with Crippen LogP contribution in [0.25, 0.3) is 0 Å². The van der Waals surface area contributed by atoms with E-state index < -0.39 is 27.0 Å². The maximum absolute atomic E-state index is 11.5. The third-order valence-corrected chi connectivity index (χ3v) is 3.51. The van der Waals surface area contributed by atoms with E-state index in [-0.39, 0.29) is 13.0 Å². The zero-order chi connectivity index (χ0) is 12.2. The Balaban J connectivity index is 4.39. The summed E-state index contributed by atoms with van der Waals surface area (Å²) < 4.78 is 22.1. The number of carboxylic acid groups (broad SMARTS) is 1. The van der Waals surface area contributed by atoms with Crippen LogP contribution in [0.5, 0.6) is 0 Å². The van der Waals surface area contributed by atoms with Gasteiger partial charge in [0.25, 0.3) is 0 Å². The van der Waals surface area contributed by atoms with Crippen LogP contribution in [0, 0.1) is 0 Å². The second kappa shape index (κ2) is 5.11. The molecule has 0 saturated carbocycles. The van der Waals surface area contributed by atoms with Gasteiger partial charge in [0, 0.05) is 19.8 Å². The van der Waals surface area contributed by atoms with Gasteiger partial charge in [-0.3, -0.25) is 9.59 Å². The van der Waals surface area contributed by atoms with E-state index in [1.807, 2.05) is 0 Å². The third kappa shape index (κ3) is 4.78. The number of hydrogen-bond donors (Lipinski definition) is 1. The molecule has 0 radical (unpaired) electrons. The molecule has 0 aromatic heterocycles. The molecule has 0 aromatic rings. The highest BCUT2D eigenvalue weighted by Gasteiger charge is 2.26. The summed E-state index contributed by atoms with van der Waals surface area (Å²) in [4.78, 5) is 22.8. The van der Waals surface area contributed by atoms with Crippen LogP contribution in [0.2, 0.25) is 0 Å². The average molecular weight is 237 g/mol. The topological polar surface area (TPSA) is 91.8 Å². The molecule has 0 fully saturated rings. The van der Waals surface area contributed by atoms with Crippen LogP contribution in [0.4, 0.5) is 0 Å². The van der Waals surface area contributed by atoms with Crippen molar-refractivity contribution < 1.29 is 23.1 Å². The lowest BCUT2D eigenvalue weighted by atomic mass is 10.3. The van der Waals surface area contributed by atoms with Crippen LogP contribution in [0.3, 0.4) is 0 Å². The Bertz CT molecular complexity index is 348. The second-order valence-corrected chi connectivity index (χ2v) is 5.74. The van der Waals surface area contributed by atoms with Crippen molar-refractivity contribution >= 4 is 21.7 Å². The van der Waals surface area contributed by atoms with Gasteiger partial charge in [-0.05, 0) is 6.92 Å². The van der Waals surface area contributed by atoms with Crippen LogP contribution >= 0.6 is 0 Å². The highest BCUT2D eigenvalue weighted by molar-refractivity contribution is 7.92. The Morgan fingerprint density at radius 1 is 1.40 bits per heavy atom. The van der Waals surface area contributed by atoms with Gasteiger partial charge in [0.15, 0.2) is 9.84 Å². The van der Waals surface area contributed by atoms with Crippen molar-refractivity contribution in [1.29, 1.82) is 0 Å². The summed E-state index contributed by atoms with van der Waals surface area (Å²) in [6.45, 7) is 1.29. The normalized spacial score (nSPS) is 13.3. The van der Waals surface area contributed by atoms with Crippen molar-refractivity contribution in [2.24, 2.45) is 0 Å². The fourth-order valence-electron chi connectivity index (χ4n) is 0.867. The number of carbonyl (C=O) groups excluding carboxylic acids is 1. The zero-order valence-electron chi connectivity index (χ0n) is 8.93. The molecule has 0 aromatic carbocycles. The number of carboxylic acids is 1. The van der Waals surface area contributed by atoms with Crippen LogP contribution in [0.15, 0.2) is 0 Å². The Kier molecular flexibility index (Phi) is 4.73. The van der Waals surface area contributed by atoms with Crippen LogP contribution in [0.1, 0.15) is 13.3 Å². The van der Waals surface area contributed by atoms with E-state index in [0.717, 1.165) is 11.2 Å². The zero-order valence-corrected chi connectivity index (χ0v) is 9.74. The van der Waals surface area contributed by atoms with Gasteiger partial charge in [-0.1, -0.05) is 0 Å². The summed E-state index contributed by atoms with van der Waals surface area (Å²) >= 11 is 0. The molecule has 0 saturated heterocycles. The Labute approximate surface area is 88.8 Å². The minimum Gasteiger partial charge on any atom is -0.481 e. The number of rotatable bonds is 5. The molecule has 15 heavy (non-hydrogen) atoms. The largest absolute Gasteiger partial charge is 0.481 e. The molecule has 0 bridgehead atoms. The van der Waals surface area contributed by atoms with E-state index >= 15 is 0 Å². The summed E-state index contributed by atoms with van der Waals surface area (Å²) in [6.07, 6.45) is 0.777. The summed E-state index contributed by atoms with van der Waals surface area (Å²) in [5.41, 5.74) is 0. The van der Waals surface area contributed by atoms with Gasteiger partial charge in [-0.15, -0.1) is 0 Å². The first-order valence-corrected chi connectivity index (χ1v) is 6.27. The molecule has 0 aliphatic rings. The molecule has 1 N–H and O–H groups in total. The molecular formula is C8H15NO5S. The predicted octanol–water partition coefficient (Wildman–Crippen LogP) is -0.647. The fraction of sp³-hybridized carbons (Fsp3) is 0.750. The van der Waals surface area contributed by atoms with Gasteiger partial charge in [0.05, 0.1) is 6.42 Å². The highest BCUT2D eigenvalue weighted by atomic mass is 32.2. The predicted molar refractivity (Wildman–Crippen MR) is 54.2 cm³/mol. The number of nitrogens with zero attached hydrogens (tertiary/aromatic N) is 1. The van der Waals surface area contributed by atoms with Gasteiger partial charge < -0.3 is 10.0 Å². The average Bonchev–Trinajstić information content (AvgIpc) is 2.10. The minimum absolute atomic E-state index is 0.00796. The van der Waals surface area contributed by atoms with Crippen molar-refractivity contribution in [2.75, 3.05) is 19.8 Å². The first-order chi connectivity index (χ1) is 6.66. The third-order valence-electron chi connectivity index (χ3n) is 2.03. The minimum atomic E-state index is -3.42. The molecule has 0 spiro atoms. The Morgan fingerprint density at radius 2 is 1.87 bits per heavy atom. The lowest BCUT2D eigenvalue weighted by Gasteiger charge is -2.19. The number of sulfone groups is 1. The van der Waals surface area contributed by atoms with Crippen molar-refractivity contribution in [3.8, 4) is 0 Å². The smallest absolute Gasteiger partial charge is 0.305 e. The highest BCUT2D eigenvalue weighted by Crippen LogP contribution is 2.03. The molecule has 6 nitrogen and oxygen atoms in total. The Hall–Kier alpha value is -1.11. The monoisotopic (exact) mass is 237 g/mol. The van der Waals surface area contributed by atoms with Crippen molar-refractivity contribution in [1.82, 2.24) is 4.90 Å². The molecular weight excluding hydrogens is 222 g/mol. The van der Waals surface area contributed by atoms with Gasteiger partial charge in [0.1, 0.15) is 5.25 Å². The lowest BCUT2D eigenvalue weighted by Crippen LogP contribution is -2.39. The van der Waals surface area contributed by atoms with E-state index in [1.165, 1.54) is 14.0 Å². The van der Waals surface area contributed by atoms with Crippen LogP contribution in [-0.2, 0) is 19.4 Å². The van der Waals surface area contributed by atoms with Crippen molar-refractivity contribution in [2.45, 2.75) is 18.6 Å². The molecule has 1 amide bonds. The second-order valence-electron chi connectivity index (χ2n) is 3.38. The van der Waals surface area contributed by atoms with E-state index in [1.54, 1.807) is 0 Å². The van der Waals surface area contributed by atoms with E-state index in [0.29, 0.717) is 0 Å². The van der Waals surface area contributed by atoms with E-state index in [4.69, 9.17) is 5.11 Å². The molecule has 88 valence electrons. The standard InChI is InChI=1S/C8H15NO5S/c1-6(15(3,13)14)8(12)9(2)5-4-7(10)11/h6H,4-5H2,1-3H3,(H,10,11). The molecule has 7 heteroatoms. The van der Waals surface area contributed by atoms with Crippen LogP contribution in [-0.4, -0.2) is 55.4 Å². The van der Waals surface area contributed by atoms with E-state index in [9.17, 15) is 18.0 Å². The molecule has 1 unspecified atom stereocenters. The van der Waals surface area contributed by atoms with Crippen molar-refractivity contribution in [3.05, 3.63) is 0 Å². The molecule has 0 aliphatic heterocycles. The molecule has 1 atom stereocenters. The van der Waals surface area contributed by atoms with Gasteiger partial charge in [-0.25, -0.2) is 8.42 Å². The number of hydrogen-bond acceptors (Lipinski definition) is 4.